The highest BCUT2D eigenvalue weighted by Gasteiger charge is 2.39. The molecule has 6 nitrogen and oxygen atoms in total. The highest BCUT2D eigenvalue weighted by Crippen LogP contribution is 2.41. The molecule has 0 saturated carbocycles. The van der Waals surface area contributed by atoms with E-state index in [0.717, 1.165) is 41.6 Å². The molecule has 0 bridgehead atoms. The number of ether oxygens (including phenoxy) is 1. The SMILES string of the molecule is Cc1c[nH]c2ncc(C3=CC4C=NC=CC4C([C@@H]4CCCN4C(=O)OC(C)(C)C)=C3)cc12. The van der Waals surface area contributed by atoms with Crippen molar-refractivity contribution in [3.63, 3.8) is 0 Å². The normalized spacial score (nSPS) is 25.0. The van der Waals surface area contributed by atoms with Crippen molar-refractivity contribution < 1.29 is 9.53 Å². The maximum absolute atomic E-state index is 13.0. The van der Waals surface area contributed by atoms with E-state index in [4.69, 9.17) is 4.74 Å². The molecule has 166 valence electrons. The van der Waals surface area contributed by atoms with Crippen LogP contribution in [0.25, 0.3) is 16.6 Å². The van der Waals surface area contributed by atoms with Crippen molar-refractivity contribution in [1.82, 2.24) is 14.9 Å². The van der Waals surface area contributed by atoms with Crippen LogP contribution >= 0.6 is 0 Å². The Balaban J connectivity index is 1.53. The molecule has 1 N–H and O–H groups in total. The fraction of sp³-hybridized carbons (Fsp3) is 0.423. The number of hydrogen-bond donors (Lipinski definition) is 1. The second-order valence-corrected chi connectivity index (χ2v) is 9.93. The van der Waals surface area contributed by atoms with Crippen molar-refractivity contribution >= 4 is 28.9 Å². The number of hydrogen-bond acceptors (Lipinski definition) is 4. The molecule has 3 aliphatic rings. The van der Waals surface area contributed by atoms with Gasteiger partial charge < -0.3 is 14.6 Å². The van der Waals surface area contributed by atoms with E-state index < -0.39 is 5.60 Å². The molecule has 2 aromatic heterocycles. The first kappa shape index (κ1) is 20.7. The number of allylic oxidation sites excluding steroid dienone is 4. The molecule has 0 spiro atoms. The van der Waals surface area contributed by atoms with Crippen LogP contribution in [0.3, 0.4) is 0 Å². The van der Waals surface area contributed by atoms with E-state index in [9.17, 15) is 4.79 Å². The predicted octanol–water partition coefficient (Wildman–Crippen LogP) is 5.42. The van der Waals surface area contributed by atoms with Crippen molar-refractivity contribution in [2.45, 2.75) is 52.2 Å². The standard InChI is InChI=1S/C26H30N4O2/c1-16-13-28-24-21(16)12-18(15-29-24)17-10-19-14-27-8-7-20(19)22(11-17)23-6-5-9-30(23)25(31)32-26(2,3)4/h7-8,10-15,19-20,23H,5-6,9H2,1-4H3,(H,28,29)/t19?,20?,23-/m0/s1. The summed E-state index contributed by atoms with van der Waals surface area (Å²) >= 11 is 0. The highest BCUT2D eigenvalue weighted by molar-refractivity contribution is 5.88. The number of aryl methyl sites for hydroxylation is 1. The molecule has 2 unspecified atom stereocenters. The number of pyridine rings is 1. The van der Waals surface area contributed by atoms with Gasteiger partial charge in [-0.15, -0.1) is 0 Å². The predicted molar refractivity (Wildman–Crippen MR) is 127 cm³/mol. The lowest BCUT2D eigenvalue weighted by Crippen LogP contribution is -2.42. The molecule has 1 amide bonds. The molecule has 2 aliphatic heterocycles. The molecule has 5 rings (SSSR count). The fourth-order valence-electron chi connectivity index (χ4n) is 4.97. The van der Waals surface area contributed by atoms with Gasteiger partial charge in [-0.25, -0.2) is 9.78 Å². The topological polar surface area (TPSA) is 70.6 Å². The Bertz CT molecular complexity index is 1180. The van der Waals surface area contributed by atoms with Crippen LogP contribution in [-0.4, -0.2) is 45.4 Å². The molecule has 1 saturated heterocycles. The maximum Gasteiger partial charge on any atom is 0.410 e. The number of rotatable bonds is 2. The quantitative estimate of drug-likeness (QED) is 0.691. The van der Waals surface area contributed by atoms with E-state index in [-0.39, 0.29) is 24.0 Å². The molecule has 0 radical (unpaired) electrons. The summed E-state index contributed by atoms with van der Waals surface area (Å²) in [7, 11) is 0. The number of H-pyrrole nitrogens is 1. The van der Waals surface area contributed by atoms with Crippen LogP contribution in [0, 0.1) is 18.8 Å². The largest absolute Gasteiger partial charge is 0.444 e. The van der Waals surface area contributed by atoms with E-state index in [0.29, 0.717) is 0 Å². The van der Waals surface area contributed by atoms with Gasteiger partial charge in [0, 0.05) is 54.1 Å². The van der Waals surface area contributed by atoms with Gasteiger partial charge >= 0.3 is 6.09 Å². The van der Waals surface area contributed by atoms with E-state index >= 15 is 0 Å². The molecular formula is C26H30N4O2. The summed E-state index contributed by atoms with van der Waals surface area (Å²) in [6.07, 6.45) is 16.2. The second-order valence-electron chi connectivity index (χ2n) is 9.93. The monoisotopic (exact) mass is 430 g/mol. The number of fused-ring (bicyclic) bond motifs is 2. The minimum atomic E-state index is -0.508. The lowest BCUT2D eigenvalue weighted by molar-refractivity contribution is 0.0244. The van der Waals surface area contributed by atoms with Gasteiger partial charge in [0.25, 0.3) is 0 Å². The Labute approximate surface area is 188 Å². The minimum absolute atomic E-state index is 0.0304. The summed E-state index contributed by atoms with van der Waals surface area (Å²) in [5, 5.41) is 1.13. The third-order valence-electron chi connectivity index (χ3n) is 6.47. The van der Waals surface area contributed by atoms with E-state index in [1.807, 2.05) is 50.5 Å². The summed E-state index contributed by atoms with van der Waals surface area (Å²) in [5.41, 5.74) is 5.05. The average Bonchev–Trinajstić information content (AvgIpc) is 3.39. The van der Waals surface area contributed by atoms with Crippen LogP contribution < -0.4 is 0 Å². The number of aliphatic imine (C=N–C) groups is 1. The fourth-order valence-corrected chi connectivity index (χ4v) is 4.97. The molecule has 1 aliphatic carbocycles. The Kier molecular flexibility index (Phi) is 5.03. The molecule has 3 atom stereocenters. The van der Waals surface area contributed by atoms with Crippen LogP contribution in [0.5, 0.6) is 0 Å². The number of amides is 1. The number of carbonyl (C=O) groups excluding carboxylic acids is 1. The van der Waals surface area contributed by atoms with Crippen LogP contribution in [-0.2, 0) is 4.74 Å². The Hall–Kier alpha value is -3.15. The van der Waals surface area contributed by atoms with Crippen molar-refractivity contribution in [3.05, 3.63) is 59.6 Å². The van der Waals surface area contributed by atoms with Crippen molar-refractivity contribution in [3.8, 4) is 0 Å². The summed E-state index contributed by atoms with van der Waals surface area (Å²) in [6.45, 7) is 8.56. The second kappa shape index (κ2) is 7.76. The zero-order chi connectivity index (χ0) is 22.5. The Morgan fingerprint density at radius 3 is 2.97 bits per heavy atom. The molecule has 0 aromatic carbocycles. The number of nitrogens with one attached hydrogen (secondary N) is 1. The number of aromatic amines is 1. The first-order valence-corrected chi connectivity index (χ1v) is 11.4. The maximum atomic E-state index is 13.0. The molecule has 1 fully saturated rings. The van der Waals surface area contributed by atoms with Crippen LogP contribution in [0.15, 0.2) is 53.5 Å². The smallest absolute Gasteiger partial charge is 0.410 e. The number of carbonyl (C=O) groups is 1. The van der Waals surface area contributed by atoms with E-state index in [1.54, 1.807) is 0 Å². The number of likely N-dealkylation sites (tertiary alicyclic amines) is 1. The Morgan fingerprint density at radius 2 is 2.16 bits per heavy atom. The third-order valence-corrected chi connectivity index (χ3v) is 6.47. The molecule has 32 heavy (non-hydrogen) atoms. The van der Waals surface area contributed by atoms with Crippen molar-refractivity contribution in [1.29, 1.82) is 0 Å². The van der Waals surface area contributed by atoms with E-state index in [1.165, 1.54) is 11.1 Å². The van der Waals surface area contributed by atoms with Crippen LogP contribution in [0.2, 0.25) is 0 Å². The number of nitrogens with zero attached hydrogens (tertiary/aromatic N) is 3. The summed E-state index contributed by atoms with van der Waals surface area (Å²) in [4.78, 5) is 27.1. The van der Waals surface area contributed by atoms with Gasteiger partial charge in [0.2, 0.25) is 0 Å². The summed E-state index contributed by atoms with van der Waals surface area (Å²) in [6, 6.07) is 2.23. The van der Waals surface area contributed by atoms with Crippen molar-refractivity contribution in [2.24, 2.45) is 16.8 Å². The van der Waals surface area contributed by atoms with E-state index in [2.05, 4.69) is 46.2 Å². The van der Waals surface area contributed by atoms with Crippen LogP contribution in [0.4, 0.5) is 4.79 Å². The lowest BCUT2D eigenvalue weighted by atomic mass is 9.75. The molecule has 2 aromatic rings. The first-order chi connectivity index (χ1) is 15.3. The van der Waals surface area contributed by atoms with Gasteiger partial charge in [0.05, 0.1) is 6.04 Å². The van der Waals surface area contributed by atoms with Gasteiger partial charge in [-0.1, -0.05) is 18.2 Å². The first-order valence-electron chi connectivity index (χ1n) is 11.4. The Morgan fingerprint density at radius 1 is 1.31 bits per heavy atom. The van der Waals surface area contributed by atoms with Gasteiger partial charge in [0.1, 0.15) is 11.2 Å². The van der Waals surface area contributed by atoms with Crippen molar-refractivity contribution in [2.75, 3.05) is 6.54 Å². The zero-order valence-electron chi connectivity index (χ0n) is 19.1. The van der Waals surface area contributed by atoms with Gasteiger partial charge in [-0.2, -0.15) is 0 Å². The number of aromatic nitrogens is 2. The highest BCUT2D eigenvalue weighted by atomic mass is 16.6. The minimum Gasteiger partial charge on any atom is -0.444 e. The summed E-state index contributed by atoms with van der Waals surface area (Å²) in [5.74, 6) is 0.370. The third kappa shape index (κ3) is 3.78. The van der Waals surface area contributed by atoms with Gasteiger partial charge in [-0.3, -0.25) is 4.99 Å². The van der Waals surface area contributed by atoms with Crippen LogP contribution in [0.1, 0.15) is 44.7 Å². The molecule has 6 heteroatoms. The lowest BCUT2D eigenvalue weighted by Gasteiger charge is -2.36. The molecule has 4 heterocycles. The summed E-state index contributed by atoms with van der Waals surface area (Å²) < 4.78 is 5.73. The van der Waals surface area contributed by atoms with Gasteiger partial charge in [-0.05, 0) is 63.3 Å². The average molecular weight is 431 g/mol. The van der Waals surface area contributed by atoms with Gasteiger partial charge in [0.15, 0.2) is 0 Å². The molecular weight excluding hydrogens is 400 g/mol. The zero-order valence-corrected chi connectivity index (χ0v) is 19.1.